The van der Waals surface area contributed by atoms with E-state index in [1.165, 1.54) is 4.31 Å². The van der Waals surface area contributed by atoms with Gasteiger partial charge in [-0.05, 0) is 63.9 Å². The van der Waals surface area contributed by atoms with Crippen molar-refractivity contribution in [2.75, 3.05) is 26.2 Å². The Morgan fingerprint density at radius 2 is 1.69 bits per heavy atom. The van der Waals surface area contributed by atoms with Crippen LogP contribution in [-0.4, -0.2) is 59.5 Å². The number of amides is 1. The summed E-state index contributed by atoms with van der Waals surface area (Å²) in [7, 11) is -3.54. The first-order chi connectivity index (χ1) is 13.6. The number of rotatable bonds is 5. The van der Waals surface area contributed by atoms with E-state index in [1.807, 2.05) is 51.4 Å². The van der Waals surface area contributed by atoms with Gasteiger partial charge in [-0.3, -0.25) is 9.48 Å². The van der Waals surface area contributed by atoms with E-state index in [9.17, 15) is 13.2 Å². The zero-order chi connectivity index (χ0) is 21.3. The first kappa shape index (κ1) is 21.5. The Hall–Kier alpha value is -2.19. The summed E-state index contributed by atoms with van der Waals surface area (Å²) in [6, 6.07) is 7.18. The predicted octanol–water partition coefficient (Wildman–Crippen LogP) is 2.60. The number of piperazine rings is 1. The average Bonchev–Trinajstić information content (AvgIpc) is 3.02. The number of hydrogen-bond donors (Lipinski definition) is 0. The second-order valence-corrected chi connectivity index (χ2v) is 9.89. The second-order valence-electron chi connectivity index (χ2n) is 7.96. The monoisotopic (exact) mass is 418 g/mol. The van der Waals surface area contributed by atoms with Crippen molar-refractivity contribution < 1.29 is 13.2 Å². The molecule has 1 amide bonds. The number of aryl methyl sites for hydroxylation is 4. The molecule has 0 spiro atoms. The van der Waals surface area contributed by atoms with E-state index >= 15 is 0 Å². The Bertz CT molecular complexity index is 1000. The maximum absolute atomic E-state index is 12.9. The van der Waals surface area contributed by atoms with Gasteiger partial charge in [0.15, 0.2) is 0 Å². The number of sulfonamides is 1. The van der Waals surface area contributed by atoms with Gasteiger partial charge in [0.1, 0.15) is 0 Å². The summed E-state index contributed by atoms with van der Waals surface area (Å²) in [5.41, 5.74) is 3.99. The minimum absolute atomic E-state index is 0.0338. The van der Waals surface area contributed by atoms with E-state index in [-0.39, 0.29) is 11.9 Å². The van der Waals surface area contributed by atoms with Gasteiger partial charge >= 0.3 is 0 Å². The second kappa shape index (κ2) is 8.28. The Kier molecular flexibility index (Phi) is 6.14. The molecule has 3 rings (SSSR count). The van der Waals surface area contributed by atoms with Crippen molar-refractivity contribution >= 4 is 15.9 Å². The fourth-order valence-electron chi connectivity index (χ4n) is 3.76. The highest BCUT2D eigenvalue weighted by atomic mass is 32.2. The molecule has 1 aliphatic heterocycles. The molecule has 1 fully saturated rings. The van der Waals surface area contributed by atoms with E-state index in [2.05, 4.69) is 5.10 Å². The van der Waals surface area contributed by atoms with Gasteiger partial charge in [-0.1, -0.05) is 6.07 Å². The molecule has 1 aromatic carbocycles. The zero-order valence-corrected chi connectivity index (χ0v) is 18.7. The van der Waals surface area contributed by atoms with Crippen LogP contribution in [0.1, 0.15) is 41.9 Å². The van der Waals surface area contributed by atoms with Crippen molar-refractivity contribution in [1.82, 2.24) is 19.0 Å². The van der Waals surface area contributed by atoms with Gasteiger partial charge < -0.3 is 4.90 Å². The summed E-state index contributed by atoms with van der Waals surface area (Å²) in [6.45, 7) is 11.2. The number of hydrogen-bond acceptors (Lipinski definition) is 4. The molecule has 1 saturated heterocycles. The molecule has 1 atom stereocenters. The van der Waals surface area contributed by atoms with Crippen molar-refractivity contribution in [3.63, 3.8) is 0 Å². The highest BCUT2D eigenvalue weighted by Crippen LogP contribution is 2.21. The van der Waals surface area contributed by atoms with Crippen molar-refractivity contribution in [2.24, 2.45) is 0 Å². The van der Waals surface area contributed by atoms with Crippen molar-refractivity contribution in [2.45, 2.75) is 52.0 Å². The zero-order valence-electron chi connectivity index (χ0n) is 17.8. The fourth-order valence-corrected chi connectivity index (χ4v) is 5.27. The minimum Gasteiger partial charge on any atom is -0.340 e. The quantitative estimate of drug-likeness (QED) is 0.748. The molecule has 7 nitrogen and oxygen atoms in total. The third-order valence-electron chi connectivity index (χ3n) is 5.64. The van der Waals surface area contributed by atoms with Crippen molar-refractivity contribution in [1.29, 1.82) is 0 Å². The van der Waals surface area contributed by atoms with Crippen LogP contribution in [0.3, 0.4) is 0 Å². The number of nitrogens with zero attached hydrogens (tertiary/aromatic N) is 4. The van der Waals surface area contributed by atoms with Gasteiger partial charge in [-0.15, -0.1) is 0 Å². The van der Waals surface area contributed by atoms with Gasteiger partial charge in [0.2, 0.25) is 15.9 Å². The number of benzene rings is 1. The van der Waals surface area contributed by atoms with Gasteiger partial charge in [-0.25, -0.2) is 8.42 Å². The van der Waals surface area contributed by atoms with Gasteiger partial charge in [0.05, 0.1) is 16.6 Å². The van der Waals surface area contributed by atoms with Crippen LogP contribution in [0.4, 0.5) is 0 Å². The number of carbonyl (C=O) groups is 1. The molecule has 1 aromatic heterocycles. The predicted molar refractivity (Wildman–Crippen MR) is 112 cm³/mol. The lowest BCUT2D eigenvalue weighted by molar-refractivity contribution is -0.133. The molecule has 0 N–H and O–H groups in total. The van der Waals surface area contributed by atoms with Crippen molar-refractivity contribution in [3.8, 4) is 0 Å². The maximum atomic E-state index is 12.9. The summed E-state index contributed by atoms with van der Waals surface area (Å²) in [5, 5.41) is 4.46. The van der Waals surface area contributed by atoms with Crippen LogP contribution in [0, 0.1) is 27.7 Å². The first-order valence-corrected chi connectivity index (χ1v) is 11.4. The molecule has 0 aliphatic carbocycles. The lowest BCUT2D eigenvalue weighted by Crippen LogP contribution is -2.50. The molecular weight excluding hydrogens is 388 g/mol. The fraction of sp³-hybridized carbons (Fsp3) is 0.524. The number of aromatic nitrogens is 2. The Balaban J connectivity index is 1.61. The van der Waals surface area contributed by atoms with E-state index in [0.29, 0.717) is 37.5 Å². The topological polar surface area (TPSA) is 75.5 Å². The van der Waals surface area contributed by atoms with E-state index in [4.69, 9.17) is 0 Å². The summed E-state index contributed by atoms with van der Waals surface area (Å²) in [5.74, 6) is 0.0354. The van der Waals surface area contributed by atoms with Crippen LogP contribution < -0.4 is 0 Å². The molecule has 0 radical (unpaired) electrons. The summed E-state index contributed by atoms with van der Waals surface area (Å²) in [4.78, 5) is 14.8. The molecule has 2 heterocycles. The highest BCUT2D eigenvalue weighted by Gasteiger charge is 2.30. The molecule has 8 heteroatoms. The molecule has 1 unspecified atom stereocenters. The smallest absolute Gasteiger partial charge is 0.243 e. The van der Waals surface area contributed by atoms with Crippen LogP contribution in [0.5, 0.6) is 0 Å². The van der Waals surface area contributed by atoms with Crippen LogP contribution in [-0.2, 0) is 14.8 Å². The summed E-state index contributed by atoms with van der Waals surface area (Å²) >= 11 is 0. The van der Waals surface area contributed by atoms with Gasteiger partial charge in [-0.2, -0.15) is 9.40 Å². The lowest BCUT2D eigenvalue weighted by Gasteiger charge is -2.34. The van der Waals surface area contributed by atoms with E-state index in [0.717, 1.165) is 22.5 Å². The minimum atomic E-state index is -3.54. The lowest BCUT2D eigenvalue weighted by atomic mass is 10.1. The van der Waals surface area contributed by atoms with Crippen molar-refractivity contribution in [3.05, 3.63) is 46.8 Å². The molecule has 0 saturated carbocycles. The highest BCUT2D eigenvalue weighted by molar-refractivity contribution is 7.89. The molecule has 2 aromatic rings. The van der Waals surface area contributed by atoms with Crippen LogP contribution in [0.25, 0.3) is 0 Å². The van der Waals surface area contributed by atoms with E-state index < -0.39 is 10.0 Å². The maximum Gasteiger partial charge on any atom is 0.243 e. The van der Waals surface area contributed by atoms with Gasteiger partial charge in [0, 0.05) is 38.3 Å². The Labute approximate surface area is 173 Å². The summed E-state index contributed by atoms with van der Waals surface area (Å²) in [6.07, 6.45) is 0.353. The SMILES string of the molecule is Cc1cc(C)n(C(C)CC(=O)N2CCN(S(=O)(=O)c3ccc(C)c(C)c3)CC2)n1. The first-order valence-electron chi connectivity index (χ1n) is 9.97. The number of carbonyl (C=O) groups excluding carboxylic acids is 1. The standard InChI is InChI=1S/C21H30N4O3S/c1-15-6-7-20(12-16(15)2)29(27,28)24-10-8-23(9-11-24)21(26)14-19(5)25-18(4)13-17(3)22-25/h6-7,12-13,19H,8-11,14H2,1-5H3. The third kappa shape index (κ3) is 4.53. The third-order valence-corrected chi connectivity index (χ3v) is 7.53. The van der Waals surface area contributed by atoms with Crippen LogP contribution >= 0.6 is 0 Å². The Morgan fingerprint density at radius 1 is 1.03 bits per heavy atom. The normalized spacial score (nSPS) is 16.8. The molecular formula is C21H30N4O3S. The van der Waals surface area contributed by atoms with E-state index in [1.54, 1.807) is 17.0 Å². The Morgan fingerprint density at radius 3 is 2.24 bits per heavy atom. The molecule has 29 heavy (non-hydrogen) atoms. The average molecular weight is 419 g/mol. The molecule has 158 valence electrons. The van der Waals surface area contributed by atoms with Crippen LogP contribution in [0.2, 0.25) is 0 Å². The van der Waals surface area contributed by atoms with Gasteiger partial charge in [0.25, 0.3) is 0 Å². The van der Waals surface area contributed by atoms with Crippen LogP contribution in [0.15, 0.2) is 29.2 Å². The largest absolute Gasteiger partial charge is 0.340 e. The summed E-state index contributed by atoms with van der Waals surface area (Å²) < 4.78 is 29.2. The molecule has 0 bridgehead atoms. The molecule has 1 aliphatic rings.